The molecule has 0 bridgehead atoms. The zero-order valence-electron chi connectivity index (χ0n) is 7.06. The third kappa shape index (κ3) is 1.93. The van der Waals surface area contributed by atoms with Crippen molar-refractivity contribution in [2.45, 2.75) is 31.7 Å². The van der Waals surface area contributed by atoms with Crippen LogP contribution in [0, 0.1) is 11.3 Å². The number of amidine groups is 1. The molecule has 0 aromatic carbocycles. The molecule has 0 unspecified atom stereocenters. The molecule has 0 aromatic heterocycles. The molecule has 1 fully saturated rings. The first kappa shape index (κ1) is 8.53. The number of hydrogen-bond donors (Lipinski definition) is 3. The summed E-state index contributed by atoms with van der Waals surface area (Å²) in [5.41, 5.74) is 5.48. The van der Waals surface area contributed by atoms with Crippen LogP contribution in [0.5, 0.6) is 0 Å². The van der Waals surface area contributed by atoms with E-state index in [4.69, 9.17) is 11.1 Å². The first-order valence-corrected chi connectivity index (χ1v) is 4.27. The number of nitrogens with one attached hydrogen (secondary N) is 2. The molecule has 0 spiro atoms. The zero-order valence-corrected chi connectivity index (χ0v) is 7.06. The van der Waals surface area contributed by atoms with Gasteiger partial charge in [0.05, 0.1) is 5.84 Å². The maximum Gasteiger partial charge on any atom is 0.0952 e. The van der Waals surface area contributed by atoms with Crippen LogP contribution < -0.4 is 11.1 Å². The molecule has 0 amide bonds. The van der Waals surface area contributed by atoms with E-state index >= 15 is 0 Å². The van der Waals surface area contributed by atoms with Crippen molar-refractivity contribution in [3.05, 3.63) is 0 Å². The Kier molecular flexibility index (Phi) is 2.88. The largest absolute Gasteiger partial charge is 0.387 e. The van der Waals surface area contributed by atoms with Crippen molar-refractivity contribution in [1.82, 2.24) is 5.32 Å². The molecule has 1 saturated carbocycles. The van der Waals surface area contributed by atoms with Crippen LogP contribution in [0.1, 0.15) is 25.7 Å². The van der Waals surface area contributed by atoms with Gasteiger partial charge in [-0.1, -0.05) is 12.8 Å². The van der Waals surface area contributed by atoms with Gasteiger partial charge in [-0.05, 0) is 19.9 Å². The Hall–Kier alpha value is -0.570. The molecule has 0 heterocycles. The van der Waals surface area contributed by atoms with Crippen LogP contribution in [-0.4, -0.2) is 18.9 Å². The third-order valence-corrected chi connectivity index (χ3v) is 2.54. The highest BCUT2D eigenvalue weighted by molar-refractivity contribution is 5.80. The van der Waals surface area contributed by atoms with Crippen LogP contribution >= 0.6 is 0 Å². The van der Waals surface area contributed by atoms with E-state index in [1.807, 2.05) is 7.05 Å². The smallest absolute Gasteiger partial charge is 0.0952 e. The fourth-order valence-electron chi connectivity index (χ4n) is 1.85. The van der Waals surface area contributed by atoms with Crippen LogP contribution in [0.15, 0.2) is 0 Å². The van der Waals surface area contributed by atoms with E-state index in [0.29, 0.717) is 11.9 Å². The molecule has 0 radical (unpaired) electrons. The van der Waals surface area contributed by atoms with Crippen molar-refractivity contribution in [3.8, 4) is 0 Å². The van der Waals surface area contributed by atoms with Crippen LogP contribution in [0.25, 0.3) is 0 Å². The first-order valence-electron chi connectivity index (χ1n) is 4.27. The maximum atomic E-state index is 7.36. The second-order valence-corrected chi connectivity index (χ2v) is 3.24. The van der Waals surface area contributed by atoms with E-state index in [9.17, 15) is 0 Å². The summed E-state index contributed by atoms with van der Waals surface area (Å²) in [6, 6.07) is 0.446. The Labute approximate surface area is 67.9 Å². The van der Waals surface area contributed by atoms with Crippen LogP contribution in [-0.2, 0) is 0 Å². The molecular formula is C8H17N3. The fraction of sp³-hybridized carbons (Fsp3) is 0.875. The summed E-state index contributed by atoms with van der Waals surface area (Å²) in [5.74, 6) is 0.637. The summed E-state index contributed by atoms with van der Waals surface area (Å²) in [7, 11) is 1.95. The monoisotopic (exact) mass is 155 g/mol. The molecular weight excluding hydrogens is 138 g/mol. The molecule has 11 heavy (non-hydrogen) atoms. The SMILES string of the molecule is CN[C@H]1CCCC[C@@H]1C(=N)N. The van der Waals surface area contributed by atoms with Gasteiger partial charge >= 0.3 is 0 Å². The van der Waals surface area contributed by atoms with Crippen molar-refractivity contribution < 1.29 is 0 Å². The molecule has 0 saturated heterocycles. The highest BCUT2D eigenvalue weighted by Gasteiger charge is 2.25. The lowest BCUT2D eigenvalue weighted by atomic mass is 9.84. The third-order valence-electron chi connectivity index (χ3n) is 2.54. The standard InChI is InChI=1S/C8H17N3/c1-11-7-5-3-2-4-6(7)8(9)10/h6-7,11H,2-5H2,1H3,(H3,9,10)/t6-,7-/m0/s1. The predicted octanol–water partition coefficient (Wildman–Crippen LogP) is 0.701. The highest BCUT2D eigenvalue weighted by Crippen LogP contribution is 2.23. The van der Waals surface area contributed by atoms with Crippen LogP contribution in [0.2, 0.25) is 0 Å². The maximum absolute atomic E-state index is 7.36. The Morgan fingerprint density at radius 2 is 2.09 bits per heavy atom. The van der Waals surface area contributed by atoms with Gasteiger partial charge in [-0.25, -0.2) is 0 Å². The Balaban J connectivity index is 2.51. The molecule has 0 aromatic rings. The molecule has 3 nitrogen and oxygen atoms in total. The minimum atomic E-state index is 0.286. The lowest BCUT2D eigenvalue weighted by Crippen LogP contribution is -2.42. The molecule has 64 valence electrons. The van der Waals surface area contributed by atoms with Crippen LogP contribution in [0.3, 0.4) is 0 Å². The highest BCUT2D eigenvalue weighted by atomic mass is 14.9. The van der Waals surface area contributed by atoms with Crippen molar-refractivity contribution in [2.75, 3.05) is 7.05 Å². The second-order valence-electron chi connectivity index (χ2n) is 3.24. The van der Waals surface area contributed by atoms with Gasteiger partial charge in [0.2, 0.25) is 0 Å². The van der Waals surface area contributed by atoms with E-state index in [1.165, 1.54) is 19.3 Å². The Bertz CT molecular complexity index is 144. The predicted molar refractivity (Wildman–Crippen MR) is 46.7 cm³/mol. The molecule has 3 heteroatoms. The van der Waals surface area contributed by atoms with Gasteiger partial charge in [0.1, 0.15) is 0 Å². The minimum Gasteiger partial charge on any atom is -0.387 e. The van der Waals surface area contributed by atoms with E-state index in [0.717, 1.165) is 6.42 Å². The summed E-state index contributed by atoms with van der Waals surface area (Å²) in [5, 5.41) is 10.6. The Morgan fingerprint density at radius 3 is 2.55 bits per heavy atom. The van der Waals surface area contributed by atoms with Gasteiger partial charge in [-0.2, -0.15) is 0 Å². The summed E-state index contributed by atoms with van der Waals surface area (Å²) in [6.45, 7) is 0. The summed E-state index contributed by atoms with van der Waals surface area (Å²) in [6.07, 6.45) is 4.75. The lowest BCUT2D eigenvalue weighted by molar-refractivity contribution is 0.336. The normalized spacial score (nSPS) is 31.7. The van der Waals surface area contributed by atoms with Crippen molar-refractivity contribution in [3.63, 3.8) is 0 Å². The van der Waals surface area contributed by atoms with Gasteiger partial charge in [-0.15, -0.1) is 0 Å². The van der Waals surface area contributed by atoms with Crippen LogP contribution in [0.4, 0.5) is 0 Å². The van der Waals surface area contributed by atoms with Crippen molar-refractivity contribution in [1.29, 1.82) is 5.41 Å². The van der Waals surface area contributed by atoms with E-state index in [1.54, 1.807) is 0 Å². The number of nitrogens with two attached hydrogens (primary N) is 1. The van der Waals surface area contributed by atoms with Gasteiger partial charge in [-0.3, -0.25) is 5.41 Å². The Morgan fingerprint density at radius 1 is 1.45 bits per heavy atom. The van der Waals surface area contributed by atoms with Crippen molar-refractivity contribution in [2.24, 2.45) is 11.7 Å². The number of hydrogen-bond acceptors (Lipinski definition) is 2. The molecule has 1 rings (SSSR count). The van der Waals surface area contributed by atoms with Gasteiger partial charge in [0.15, 0.2) is 0 Å². The molecule has 4 N–H and O–H groups in total. The first-order chi connectivity index (χ1) is 5.25. The van der Waals surface area contributed by atoms with Gasteiger partial charge in [0.25, 0.3) is 0 Å². The van der Waals surface area contributed by atoms with E-state index < -0.39 is 0 Å². The second kappa shape index (κ2) is 3.72. The minimum absolute atomic E-state index is 0.286. The van der Waals surface area contributed by atoms with Crippen molar-refractivity contribution >= 4 is 5.84 Å². The van der Waals surface area contributed by atoms with E-state index in [-0.39, 0.29) is 5.92 Å². The molecule has 0 aliphatic heterocycles. The number of rotatable bonds is 2. The molecule has 2 atom stereocenters. The van der Waals surface area contributed by atoms with E-state index in [2.05, 4.69) is 5.32 Å². The lowest BCUT2D eigenvalue weighted by Gasteiger charge is -2.30. The van der Waals surface area contributed by atoms with Gasteiger partial charge < -0.3 is 11.1 Å². The zero-order chi connectivity index (χ0) is 8.27. The average Bonchev–Trinajstić information content (AvgIpc) is 2.04. The summed E-state index contributed by atoms with van der Waals surface area (Å²) < 4.78 is 0. The average molecular weight is 155 g/mol. The molecule has 1 aliphatic rings. The quantitative estimate of drug-likeness (QED) is 0.406. The molecule has 1 aliphatic carbocycles. The fourth-order valence-corrected chi connectivity index (χ4v) is 1.85. The topological polar surface area (TPSA) is 61.9 Å². The summed E-state index contributed by atoms with van der Waals surface area (Å²) in [4.78, 5) is 0. The summed E-state index contributed by atoms with van der Waals surface area (Å²) >= 11 is 0. The van der Waals surface area contributed by atoms with Gasteiger partial charge in [0, 0.05) is 12.0 Å².